The number of rotatable bonds is 4. The molecule has 2 aromatic rings. The molecule has 0 fully saturated rings. The van der Waals surface area contributed by atoms with E-state index in [0.717, 1.165) is 5.56 Å². The number of hydrogen-bond donors (Lipinski definition) is 0. The molecule has 0 saturated carbocycles. The summed E-state index contributed by atoms with van der Waals surface area (Å²) in [6.07, 6.45) is 0. The molecule has 0 aromatic heterocycles. The van der Waals surface area contributed by atoms with Crippen molar-refractivity contribution in [2.45, 2.75) is 11.8 Å². The molecule has 120 valence electrons. The number of halogens is 1. The van der Waals surface area contributed by atoms with Crippen molar-refractivity contribution in [3.63, 3.8) is 0 Å². The lowest BCUT2D eigenvalue weighted by Crippen LogP contribution is -2.16. The zero-order valence-corrected chi connectivity index (χ0v) is 14.2. The topological polar surface area (TPSA) is 60.4 Å². The molecule has 6 heteroatoms. The highest BCUT2D eigenvalue weighted by molar-refractivity contribution is 8.07. The molecule has 0 bridgehead atoms. The Morgan fingerprint density at radius 1 is 1.13 bits per heavy atom. The Bertz CT molecular complexity index is 868. The van der Waals surface area contributed by atoms with Crippen molar-refractivity contribution in [3.05, 3.63) is 65.2 Å². The van der Waals surface area contributed by atoms with Gasteiger partial charge in [0.1, 0.15) is 5.75 Å². The first kappa shape index (κ1) is 17.2. The van der Waals surface area contributed by atoms with Gasteiger partial charge in [0, 0.05) is 11.1 Å². The summed E-state index contributed by atoms with van der Waals surface area (Å²) < 4.78 is 29.8. The molecule has 0 spiro atoms. The number of sulfone groups is 1. The minimum Gasteiger partial charge on any atom is -0.497 e. The molecule has 2 aromatic carbocycles. The molecule has 0 saturated heterocycles. The lowest BCUT2D eigenvalue weighted by atomic mass is 10.1. The number of benzene rings is 2. The van der Waals surface area contributed by atoms with E-state index >= 15 is 0 Å². The SMILES string of the molecule is C=C(C(=O)S(=O)(=O)c1ccc(C)cc1)c1ccc(OC)cc1Cl. The molecule has 0 amide bonds. The molecule has 0 aliphatic rings. The molecule has 0 radical (unpaired) electrons. The molecule has 23 heavy (non-hydrogen) atoms. The van der Waals surface area contributed by atoms with E-state index < -0.39 is 15.0 Å². The summed E-state index contributed by atoms with van der Waals surface area (Å²) in [5.74, 6) is 0.500. The van der Waals surface area contributed by atoms with Crippen molar-refractivity contribution < 1.29 is 17.9 Å². The lowest BCUT2D eigenvalue weighted by molar-refractivity contribution is -0.107. The van der Waals surface area contributed by atoms with Crippen LogP contribution in [0.5, 0.6) is 5.75 Å². The van der Waals surface area contributed by atoms with Gasteiger partial charge in [0.25, 0.3) is 5.12 Å². The van der Waals surface area contributed by atoms with Crippen molar-refractivity contribution in [2.75, 3.05) is 7.11 Å². The maximum Gasteiger partial charge on any atom is 0.281 e. The van der Waals surface area contributed by atoms with Crippen LogP contribution in [-0.2, 0) is 14.6 Å². The molecule has 0 atom stereocenters. The van der Waals surface area contributed by atoms with Gasteiger partial charge in [0.15, 0.2) is 0 Å². The molecule has 0 aliphatic carbocycles. The van der Waals surface area contributed by atoms with Gasteiger partial charge in [0.05, 0.1) is 17.0 Å². The minimum atomic E-state index is -4.16. The van der Waals surface area contributed by atoms with Crippen molar-refractivity contribution >= 4 is 32.1 Å². The molecule has 0 heterocycles. The Labute approximate surface area is 140 Å². The number of aryl methyl sites for hydroxylation is 1. The normalized spacial score (nSPS) is 11.1. The summed E-state index contributed by atoms with van der Waals surface area (Å²) in [6, 6.07) is 10.6. The average molecular weight is 351 g/mol. The Morgan fingerprint density at radius 2 is 1.74 bits per heavy atom. The summed E-state index contributed by atoms with van der Waals surface area (Å²) in [6.45, 7) is 5.42. The highest BCUT2D eigenvalue weighted by Crippen LogP contribution is 2.30. The molecule has 0 aliphatic heterocycles. The third-order valence-electron chi connectivity index (χ3n) is 3.32. The zero-order valence-electron chi connectivity index (χ0n) is 12.7. The van der Waals surface area contributed by atoms with Crippen LogP contribution in [0.2, 0.25) is 5.02 Å². The van der Waals surface area contributed by atoms with Gasteiger partial charge in [-0.05, 0) is 37.3 Å². The minimum absolute atomic E-state index is 0.0705. The second-order valence-electron chi connectivity index (χ2n) is 4.93. The summed E-state index contributed by atoms with van der Waals surface area (Å²) in [7, 11) is -2.68. The fourth-order valence-electron chi connectivity index (χ4n) is 1.96. The van der Waals surface area contributed by atoms with Gasteiger partial charge in [-0.1, -0.05) is 35.9 Å². The van der Waals surface area contributed by atoms with E-state index in [4.69, 9.17) is 16.3 Å². The average Bonchev–Trinajstić information content (AvgIpc) is 2.53. The zero-order chi connectivity index (χ0) is 17.2. The Morgan fingerprint density at radius 3 is 2.26 bits per heavy atom. The standard InChI is InChI=1S/C17H15ClO4S/c1-11-4-7-14(8-5-11)23(20,21)17(19)12(2)15-9-6-13(22-3)10-16(15)18/h4-10H,2H2,1,3H3. The monoisotopic (exact) mass is 350 g/mol. The van der Waals surface area contributed by atoms with E-state index in [2.05, 4.69) is 6.58 Å². The highest BCUT2D eigenvalue weighted by Gasteiger charge is 2.28. The predicted molar refractivity (Wildman–Crippen MR) is 90.4 cm³/mol. The van der Waals surface area contributed by atoms with Gasteiger partial charge in [-0.15, -0.1) is 0 Å². The van der Waals surface area contributed by atoms with Crippen LogP contribution in [0.3, 0.4) is 0 Å². The van der Waals surface area contributed by atoms with Gasteiger partial charge in [-0.2, -0.15) is 0 Å². The highest BCUT2D eigenvalue weighted by atomic mass is 35.5. The largest absolute Gasteiger partial charge is 0.497 e. The van der Waals surface area contributed by atoms with Crippen molar-refractivity contribution in [1.82, 2.24) is 0 Å². The Balaban J connectivity index is 2.39. The molecule has 0 unspecified atom stereocenters. The quantitative estimate of drug-likeness (QED) is 0.789. The molecule has 4 nitrogen and oxygen atoms in total. The maximum atomic E-state index is 12.4. The van der Waals surface area contributed by atoms with Crippen LogP contribution < -0.4 is 4.74 Å². The fourth-order valence-corrected chi connectivity index (χ4v) is 3.39. The lowest BCUT2D eigenvalue weighted by Gasteiger charge is -2.10. The molecule has 2 rings (SSSR count). The Hall–Kier alpha value is -2.11. The van der Waals surface area contributed by atoms with Crippen molar-refractivity contribution in [3.8, 4) is 5.75 Å². The van der Waals surface area contributed by atoms with E-state index in [9.17, 15) is 13.2 Å². The second kappa shape index (κ2) is 6.56. The van der Waals surface area contributed by atoms with Crippen molar-refractivity contribution in [1.29, 1.82) is 0 Å². The fraction of sp³-hybridized carbons (Fsp3) is 0.118. The number of methoxy groups -OCH3 is 1. The molecular weight excluding hydrogens is 336 g/mol. The van der Waals surface area contributed by atoms with Gasteiger partial charge in [-0.25, -0.2) is 8.42 Å². The van der Waals surface area contributed by atoms with Crippen LogP contribution in [-0.4, -0.2) is 20.6 Å². The summed E-state index contributed by atoms with van der Waals surface area (Å²) >= 11 is 6.08. The number of hydrogen-bond acceptors (Lipinski definition) is 4. The smallest absolute Gasteiger partial charge is 0.281 e. The summed E-state index contributed by atoms with van der Waals surface area (Å²) in [5.41, 5.74) is 0.972. The predicted octanol–water partition coefficient (Wildman–Crippen LogP) is 3.67. The van der Waals surface area contributed by atoms with Gasteiger partial charge < -0.3 is 4.74 Å². The van der Waals surface area contributed by atoms with E-state index in [1.54, 1.807) is 18.2 Å². The van der Waals surface area contributed by atoms with Crippen LogP contribution in [0.25, 0.3) is 5.57 Å². The first-order valence-corrected chi connectivity index (χ1v) is 8.52. The van der Waals surface area contributed by atoms with E-state index in [1.165, 1.54) is 31.4 Å². The van der Waals surface area contributed by atoms with E-state index in [1.807, 2.05) is 6.92 Å². The van der Waals surface area contributed by atoms with Gasteiger partial charge in [0.2, 0.25) is 9.84 Å². The third-order valence-corrected chi connectivity index (χ3v) is 5.26. The van der Waals surface area contributed by atoms with Crippen LogP contribution in [0.15, 0.2) is 53.9 Å². The van der Waals surface area contributed by atoms with Gasteiger partial charge in [-0.3, -0.25) is 4.79 Å². The second-order valence-corrected chi connectivity index (χ2v) is 7.18. The summed E-state index contributed by atoms with van der Waals surface area (Å²) in [5, 5.41) is -0.879. The molecular formula is C17H15ClO4S. The maximum absolute atomic E-state index is 12.4. The van der Waals surface area contributed by atoms with Crippen LogP contribution in [0.1, 0.15) is 11.1 Å². The first-order valence-electron chi connectivity index (χ1n) is 6.66. The van der Waals surface area contributed by atoms with Gasteiger partial charge >= 0.3 is 0 Å². The van der Waals surface area contributed by atoms with E-state index in [-0.39, 0.29) is 21.1 Å². The third kappa shape index (κ3) is 3.46. The summed E-state index contributed by atoms with van der Waals surface area (Å²) in [4.78, 5) is 12.3. The van der Waals surface area contributed by atoms with E-state index in [0.29, 0.717) is 5.75 Å². The van der Waals surface area contributed by atoms with Crippen molar-refractivity contribution in [2.24, 2.45) is 0 Å². The first-order chi connectivity index (χ1) is 10.8. The van der Waals surface area contributed by atoms with Crippen LogP contribution in [0, 0.1) is 6.92 Å². The van der Waals surface area contributed by atoms with Crippen LogP contribution >= 0.6 is 11.6 Å². The number of carbonyl (C=O) groups excluding carboxylic acids is 1. The molecule has 0 N–H and O–H groups in total. The Kier molecular flexibility index (Phi) is 4.92. The van der Waals surface area contributed by atoms with Crippen LogP contribution in [0.4, 0.5) is 0 Å². The number of carbonyl (C=O) groups is 1. The number of ether oxygens (including phenoxy) is 1.